The summed E-state index contributed by atoms with van der Waals surface area (Å²) in [6.45, 7) is 0. The Morgan fingerprint density at radius 1 is 1.33 bits per heavy atom. The minimum Gasteiger partial charge on any atom is -0.489 e. The van der Waals surface area contributed by atoms with Gasteiger partial charge >= 0.3 is 0 Å². The van der Waals surface area contributed by atoms with Crippen molar-refractivity contribution in [3.05, 3.63) is 29.4 Å². The van der Waals surface area contributed by atoms with Gasteiger partial charge in [0.1, 0.15) is 11.5 Å². The fourth-order valence-corrected chi connectivity index (χ4v) is 1.83. The summed E-state index contributed by atoms with van der Waals surface area (Å²) >= 11 is 6.09. The molecular weight excluding hydrogens is 254 g/mol. The monoisotopic (exact) mass is 265 g/mol. The lowest BCUT2D eigenvalue weighted by molar-refractivity contribution is 0.120. The van der Waals surface area contributed by atoms with Crippen molar-refractivity contribution in [2.24, 2.45) is 0 Å². The first-order valence-electron chi connectivity index (χ1n) is 5.82. The molecule has 94 valence electrons. The van der Waals surface area contributed by atoms with Gasteiger partial charge in [0.25, 0.3) is 5.88 Å². The molecule has 0 aliphatic heterocycles. The lowest BCUT2D eigenvalue weighted by atomic mass is 9.96. The zero-order valence-electron chi connectivity index (χ0n) is 9.60. The van der Waals surface area contributed by atoms with E-state index in [0.717, 1.165) is 12.8 Å². The zero-order chi connectivity index (χ0) is 12.4. The van der Waals surface area contributed by atoms with Gasteiger partial charge in [-0.05, 0) is 31.4 Å². The summed E-state index contributed by atoms with van der Waals surface area (Å²) in [5, 5.41) is 10.5. The van der Waals surface area contributed by atoms with Crippen LogP contribution in [-0.2, 0) is 0 Å². The Morgan fingerprint density at radius 3 is 2.89 bits per heavy atom. The molecule has 1 aliphatic rings. The largest absolute Gasteiger partial charge is 0.489 e. The maximum Gasteiger partial charge on any atom is 0.258 e. The fourth-order valence-electron chi connectivity index (χ4n) is 1.67. The van der Waals surface area contributed by atoms with Gasteiger partial charge in [-0.2, -0.15) is 0 Å². The standard InChI is InChI=1S/C12H12ClN3O2/c13-10-5-4-9(18-12-7-14-16-15-12)6-11(10)17-8-2-1-3-8/h4-8H,1-3H2,(H,14,15,16). The van der Waals surface area contributed by atoms with Crippen molar-refractivity contribution < 1.29 is 9.47 Å². The van der Waals surface area contributed by atoms with Crippen molar-refractivity contribution in [2.75, 3.05) is 0 Å². The second kappa shape index (κ2) is 4.86. The van der Waals surface area contributed by atoms with Crippen LogP contribution in [0.3, 0.4) is 0 Å². The molecule has 18 heavy (non-hydrogen) atoms. The summed E-state index contributed by atoms with van der Waals surface area (Å²) in [5.41, 5.74) is 0. The molecule has 2 aromatic rings. The van der Waals surface area contributed by atoms with Gasteiger partial charge in [0, 0.05) is 6.07 Å². The average Bonchev–Trinajstić information content (AvgIpc) is 2.80. The van der Waals surface area contributed by atoms with Crippen molar-refractivity contribution in [3.8, 4) is 17.4 Å². The number of aromatic amines is 1. The van der Waals surface area contributed by atoms with Gasteiger partial charge in [-0.1, -0.05) is 21.9 Å². The van der Waals surface area contributed by atoms with Gasteiger partial charge in [-0.15, -0.1) is 0 Å². The molecule has 0 radical (unpaired) electrons. The molecule has 1 saturated carbocycles. The van der Waals surface area contributed by atoms with Crippen molar-refractivity contribution in [1.82, 2.24) is 15.4 Å². The summed E-state index contributed by atoms with van der Waals surface area (Å²) in [6.07, 6.45) is 5.25. The van der Waals surface area contributed by atoms with E-state index in [1.165, 1.54) is 6.42 Å². The smallest absolute Gasteiger partial charge is 0.258 e. The number of hydrogen-bond acceptors (Lipinski definition) is 4. The molecule has 0 unspecified atom stereocenters. The third kappa shape index (κ3) is 2.41. The van der Waals surface area contributed by atoms with Crippen LogP contribution in [0.2, 0.25) is 5.02 Å². The summed E-state index contributed by atoms with van der Waals surface area (Å²) in [5.74, 6) is 1.69. The minimum atomic E-state index is 0.282. The molecular formula is C12H12ClN3O2. The number of benzene rings is 1. The van der Waals surface area contributed by atoms with Crippen LogP contribution in [0.5, 0.6) is 17.4 Å². The summed E-state index contributed by atoms with van der Waals surface area (Å²) in [6, 6.07) is 5.30. The van der Waals surface area contributed by atoms with E-state index in [1.807, 2.05) is 0 Å². The van der Waals surface area contributed by atoms with E-state index in [9.17, 15) is 0 Å². The molecule has 1 N–H and O–H groups in total. The normalized spacial score (nSPS) is 15.2. The molecule has 1 aliphatic carbocycles. The number of rotatable bonds is 4. The molecule has 5 nitrogen and oxygen atoms in total. The third-order valence-electron chi connectivity index (χ3n) is 2.87. The van der Waals surface area contributed by atoms with Crippen LogP contribution in [0, 0.1) is 0 Å². The number of nitrogens with one attached hydrogen (secondary N) is 1. The average molecular weight is 266 g/mol. The SMILES string of the molecule is Clc1ccc(Oc2c[nH]nn2)cc1OC1CCC1. The molecule has 1 fully saturated rings. The van der Waals surface area contributed by atoms with Crippen molar-refractivity contribution in [1.29, 1.82) is 0 Å². The van der Waals surface area contributed by atoms with E-state index in [0.29, 0.717) is 22.4 Å². The van der Waals surface area contributed by atoms with Crippen LogP contribution in [0.1, 0.15) is 19.3 Å². The second-order valence-electron chi connectivity index (χ2n) is 4.18. The van der Waals surface area contributed by atoms with Crippen molar-refractivity contribution in [2.45, 2.75) is 25.4 Å². The van der Waals surface area contributed by atoms with Crippen LogP contribution in [-0.4, -0.2) is 21.5 Å². The predicted octanol–water partition coefficient (Wildman–Crippen LogP) is 3.18. The molecule has 3 rings (SSSR count). The Bertz CT molecular complexity index is 526. The van der Waals surface area contributed by atoms with Crippen molar-refractivity contribution in [3.63, 3.8) is 0 Å². The molecule has 1 heterocycles. The van der Waals surface area contributed by atoms with Gasteiger partial charge in [0.15, 0.2) is 0 Å². The summed E-state index contributed by atoms with van der Waals surface area (Å²) < 4.78 is 11.3. The second-order valence-corrected chi connectivity index (χ2v) is 4.58. The van der Waals surface area contributed by atoms with Gasteiger partial charge in [0.05, 0.1) is 17.3 Å². The predicted molar refractivity (Wildman–Crippen MR) is 66.2 cm³/mol. The fraction of sp³-hybridized carbons (Fsp3) is 0.333. The molecule has 0 saturated heterocycles. The molecule has 1 aromatic carbocycles. The summed E-state index contributed by atoms with van der Waals surface area (Å²) in [4.78, 5) is 0. The number of hydrogen-bond donors (Lipinski definition) is 1. The highest BCUT2D eigenvalue weighted by molar-refractivity contribution is 6.32. The maximum atomic E-state index is 6.09. The van der Waals surface area contributed by atoms with Crippen LogP contribution in [0.25, 0.3) is 0 Å². The number of ether oxygens (including phenoxy) is 2. The minimum absolute atomic E-state index is 0.282. The maximum absolute atomic E-state index is 6.09. The third-order valence-corrected chi connectivity index (χ3v) is 3.18. The number of nitrogens with zero attached hydrogens (tertiary/aromatic N) is 2. The van der Waals surface area contributed by atoms with Gasteiger partial charge in [-0.3, -0.25) is 5.10 Å². The molecule has 0 bridgehead atoms. The van der Waals surface area contributed by atoms with Gasteiger partial charge in [-0.25, -0.2) is 0 Å². The van der Waals surface area contributed by atoms with Gasteiger partial charge in [0.2, 0.25) is 0 Å². The number of H-pyrrole nitrogens is 1. The molecule has 0 spiro atoms. The first-order valence-corrected chi connectivity index (χ1v) is 6.19. The Labute approximate surface area is 109 Å². The zero-order valence-corrected chi connectivity index (χ0v) is 10.4. The molecule has 6 heteroatoms. The Morgan fingerprint density at radius 2 is 2.22 bits per heavy atom. The molecule has 1 aromatic heterocycles. The number of aromatic nitrogens is 3. The Hall–Kier alpha value is -1.75. The van der Waals surface area contributed by atoms with E-state index in [1.54, 1.807) is 24.4 Å². The van der Waals surface area contributed by atoms with Crippen LogP contribution in [0.15, 0.2) is 24.4 Å². The van der Waals surface area contributed by atoms with E-state index < -0.39 is 0 Å². The van der Waals surface area contributed by atoms with Gasteiger partial charge < -0.3 is 9.47 Å². The lowest BCUT2D eigenvalue weighted by Gasteiger charge is -2.26. The topological polar surface area (TPSA) is 60.0 Å². The van der Waals surface area contributed by atoms with E-state index in [4.69, 9.17) is 21.1 Å². The van der Waals surface area contributed by atoms with Crippen molar-refractivity contribution >= 4 is 11.6 Å². The highest BCUT2D eigenvalue weighted by atomic mass is 35.5. The van der Waals surface area contributed by atoms with Crippen LogP contribution >= 0.6 is 11.6 Å². The quantitative estimate of drug-likeness (QED) is 0.922. The first kappa shape index (κ1) is 11.3. The first-order chi connectivity index (χ1) is 8.81. The van der Waals surface area contributed by atoms with E-state index in [-0.39, 0.29) is 6.10 Å². The highest BCUT2D eigenvalue weighted by Gasteiger charge is 2.20. The molecule has 0 atom stereocenters. The van der Waals surface area contributed by atoms with Crippen LogP contribution < -0.4 is 9.47 Å². The number of halogens is 1. The van der Waals surface area contributed by atoms with Crippen LogP contribution in [0.4, 0.5) is 0 Å². The van der Waals surface area contributed by atoms with E-state index in [2.05, 4.69) is 15.4 Å². The summed E-state index contributed by atoms with van der Waals surface area (Å²) in [7, 11) is 0. The lowest BCUT2D eigenvalue weighted by Crippen LogP contribution is -2.24. The Balaban J connectivity index is 1.76. The highest BCUT2D eigenvalue weighted by Crippen LogP contribution is 2.34. The molecule has 0 amide bonds. The van der Waals surface area contributed by atoms with E-state index >= 15 is 0 Å². The Kier molecular flexibility index (Phi) is 3.06.